The number of rotatable bonds is 3. The van der Waals surface area contributed by atoms with Gasteiger partial charge in [0.05, 0.1) is 4.92 Å². The minimum Gasteiger partial charge on any atom is -0.343 e. The molecular weight excluding hydrogens is 252 g/mol. The van der Waals surface area contributed by atoms with E-state index in [9.17, 15) is 10.1 Å². The van der Waals surface area contributed by atoms with Gasteiger partial charge in [0.2, 0.25) is 0 Å². The Morgan fingerprint density at radius 1 is 1.10 bits per heavy atom. The number of hydrogen-bond acceptors (Lipinski definition) is 2. The fraction of sp³-hybridized carbons (Fsp3) is 0.125. The monoisotopic (exact) mass is 266 g/mol. The Balaban J connectivity index is 1.96. The zero-order valence-corrected chi connectivity index (χ0v) is 11.1. The molecule has 0 saturated heterocycles. The zero-order valence-electron chi connectivity index (χ0n) is 11.1. The van der Waals surface area contributed by atoms with Crippen molar-refractivity contribution in [3.63, 3.8) is 0 Å². The van der Waals surface area contributed by atoms with Gasteiger partial charge in [0.15, 0.2) is 0 Å². The van der Waals surface area contributed by atoms with Gasteiger partial charge in [0, 0.05) is 35.8 Å². The van der Waals surface area contributed by atoms with Crippen LogP contribution < -0.4 is 0 Å². The maximum Gasteiger partial charge on any atom is 0.270 e. The molecule has 0 aliphatic carbocycles. The Kier molecular flexibility index (Phi) is 2.99. The molecule has 0 bridgehead atoms. The standard InChI is InChI=1S/C16H14N2O2/c1-12-2-4-13(5-3-12)11-17-9-8-14-10-15(18(19)20)6-7-16(14)17/h2-10H,11H2,1H3. The highest BCUT2D eigenvalue weighted by Gasteiger charge is 2.08. The van der Waals surface area contributed by atoms with Gasteiger partial charge in [-0.25, -0.2) is 0 Å². The summed E-state index contributed by atoms with van der Waals surface area (Å²) in [6.07, 6.45) is 1.97. The van der Waals surface area contributed by atoms with Crippen LogP contribution in [0.15, 0.2) is 54.7 Å². The minimum absolute atomic E-state index is 0.130. The van der Waals surface area contributed by atoms with Crippen molar-refractivity contribution in [1.82, 2.24) is 4.57 Å². The highest BCUT2D eigenvalue weighted by molar-refractivity contribution is 5.82. The van der Waals surface area contributed by atoms with E-state index >= 15 is 0 Å². The molecular formula is C16H14N2O2. The van der Waals surface area contributed by atoms with E-state index in [0.717, 1.165) is 17.4 Å². The van der Waals surface area contributed by atoms with Crippen LogP contribution in [0, 0.1) is 17.0 Å². The molecule has 2 aromatic carbocycles. The summed E-state index contributed by atoms with van der Waals surface area (Å²) in [4.78, 5) is 10.4. The topological polar surface area (TPSA) is 48.1 Å². The third-order valence-corrected chi connectivity index (χ3v) is 3.44. The molecule has 0 atom stereocenters. The lowest BCUT2D eigenvalue weighted by Gasteiger charge is -2.06. The van der Waals surface area contributed by atoms with Crippen molar-refractivity contribution in [3.05, 3.63) is 76.0 Å². The number of nitro benzene ring substituents is 1. The van der Waals surface area contributed by atoms with Crippen molar-refractivity contribution in [1.29, 1.82) is 0 Å². The van der Waals surface area contributed by atoms with Crippen molar-refractivity contribution in [2.75, 3.05) is 0 Å². The molecule has 0 amide bonds. The molecule has 0 unspecified atom stereocenters. The quantitative estimate of drug-likeness (QED) is 0.533. The smallest absolute Gasteiger partial charge is 0.270 e. The van der Waals surface area contributed by atoms with E-state index in [2.05, 4.69) is 35.8 Å². The molecule has 0 aliphatic heterocycles. The van der Waals surface area contributed by atoms with E-state index in [1.807, 2.05) is 18.3 Å². The lowest BCUT2D eigenvalue weighted by molar-refractivity contribution is -0.384. The Labute approximate surface area is 116 Å². The van der Waals surface area contributed by atoms with Crippen LogP contribution in [0.2, 0.25) is 0 Å². The average molecular weight is 266 g/mol. The molecule has 0 saturated carbocycles. The summed E-state index contributed by atoms with van der Waals surface area (Å²) in [6.45, 7) is 2.83. The second kappa shape index (κ2) is 4.81. The van der Waals surface area contributed by atoms with Crippen molar-refractivity contribution in [2.24, 2.45) is 0 Å². The van der Waals surface area contributed by atoms with Crippen LogP contribution in [0.3, 0.4) is 0 Å². The number of aryl methyl sites for hydroxylation is 1. The van der Waals surface area contributed by atoms with Crippen LogP contribution in [0.4, 0.5) is 5.69 Å². The van der Waals surface area contributed by atoms with E-state index in [0.29, 0.717) is 0 Å². The average Bonchev–Trinajstić information content (AvgIpc) is 2.84. The molecule has 0 radical (unpaired) electrons. The van der Waals surface area contributed by atoms with Crippen LogP contribution >= 0.6 is 0 Å². The maximum absolute atomic E-state index is 10.8. The highest BCUT2D eigenvalue weighted by atomic mass is 16.6. The van der Waals surface area contributed by atoms with Crippen LogP contribution in [0.1, 0.15) is 11.1 Å². The van der Waals surface area contributed by atoms with Gasteiger partial charge in [-0.15, -0.1) is 0 Å². The summed E-state index contributed by atoms with van der Waals surface area (Å²) in [7, 11) is 0. The second-order valence-corrected chi connectivity index (χ2v) is 4.93. The molecule has 1 aromatic heterocycles. The Bertz CT molecular complexity index is 773. The van der Waals surface area contributed by atoms with E-state index in [-0.39, 0.29) is 10.6 Å². The predicted molar refractivity (Wildman–Crippen MR) is 78.9 cm³/mol. The molecule has 0 aliphatic rings. The number of nitrogens with zero attached hydrogens (tertiary/aromatic N) is 2. The molecule has 20 heavy (non-hydrogen) atoms. The normalized spacial score (nSPS) is 10.8. The lowest BCUT2D eigenvalue weighted by atomic mass is 10.1. The third-order valence-electron chi connectivity index (χ3n) is 3.44. The number of non-ortho nitro benzene ring substituents is 1. The predicted octanol–water partition coefficient (Wildman–Crippen LogP) is 3.91. The van der Waals surface area contributed by atoms with Crippen molar-refractivity contribution < 1.29 is 4.92 Å². The summed E-state index contributed by atoms with van der Waals surface area (Å²) < 4.78 is 2.10. The van der Waals surface area contributed by atoms with Gasteiger partial charge >= 0.3 is 0 Å². The number of aromatic nitrogens is 1. The Morgan fingerprint density at radius 3 is 2.55 bits per heavy atom. The first kappa shape index (κ1) is 12.4. The largest absolute Gasteiger partial charge is 0.343 e. The summed E-state index contributed by atoms with van der Waals surface area (Å²) >= 11 is 0. The second-order valence-electron chi connectivity index (χ2n) is 4.93. The summed E-state index contributed by atoms with van der Waals surface area (Å²) in [5.74, 6) is 0. The van der Waals surface area contributed by atoms with Crippen molar-refractivity contribution >= 4 is 16.6 Å². The van der Waals surface area contributed by atoms with Crippen LogP contribution in [0.5, 0.6) is 0 Å². The van der Waals surface area contributed by atoms with E-state index in [4.69, 9.17) is 0 Å². The lowest BCUT2D eigenvalue weighted by Crippen LogP contribution is -1.97. The van der Waals surface area contributed by atoms with Gasteiger partial charge < -0.3 is 4.57 Å². The molecule has 4 nitrogen and oxygen atoms in total. The van der Waals surface area contributed by atoms with Gasteiger partial charge in [-0.05, 0) is 24.6 Å². The number of benzene rings is 2. The molecule has 3 aromatic rings. The molecule has 100 valence electrons. The summed E-state index contributed by atoms with van der Waals surface area (Å²) in [6, 6.07) is 15.3. The molecule has 3 rings (SSSR count). The number of fused-ring (bicyclic) bond motifs is 1. The van der Waals surface area contributed by atoms with E-state index in [1.165, 1.54) is 11.1 Å². The molecule has 0 spiro atoms. The highest BCUT2D eigenvalue weighted by Crippen LogP contribution is 2.22. The van der Waals surface area contributed by atoms with Gasteiger partial charge in [0.25, 0.3) is 5.69 Å². The van der Waals surface area contributed by atoms with Crippen LogP contribution in [0.25, 0.3) is 10.9 Å². The van der Waals surface area contributed by atoms with E-state index in [1.54, 1.807) is 12.1 Å². The summed E-state index contributed by atoms with van der Waals surface area (Å²) in [5.41, 5.74) is 3.59. The summed E-state index contributed by atoms with van der Waals surface area (Å²) in [5, 5.41) is 11.7. The van der Waals surface area contributed by atoms with Crippen molar-refractivity contribution in [2.45, 2.75) is 13.5 Å². The van der Waals surface area contributed by atoms with Crippen LogP contribution in [-0.4, -0.2) is 9.49 Å². The van der Waals surface area contributed by atoms with Gasteiger partial charge in [0.1, 0.15) is 0 Å². The van der Waals surface area contributed by atoms with Gasteiger partial charge in [-0.3, -0.25) is 10.1 Å². The maximum atomic E-state index is 10.8. The first-order chi connectivity index (χ1) is 9.63. The fourth-order valence-corrected chi connectivity index (χ4v) is 2.33. The molecule has 0 N–H and O–H groups in total. The Hall–Kier alpha value is -2.62. The minimum atomic E-state index is -0.364. The molecule has 1 heterocycles. The number of hydrogen-bond donors (Lipinski definition) is 0. The van der Waals surface area contributed by atoms with Crippen molar-refractivity contribution in [3.8, 4) is 0 Å². The SMILES string of the molecule is Cc1ccc(Cn2ccc3cc([N+](=O)[O-])ccc32)cc1. The van der Waals surface area contributed by atoms with E-state index < -0.39 is 0 Å². The Morgan fingerprint density at radius 2 is 1.85 bits per heavy atom. The third kappa shape index (κ3) is 2.28. The van der Waals surface area contributed by atoms with Crippen LogP contribution in [-0.2, 0) is 6.54 Å². The first-order valence-corrected chi connectivity index (χ1v) is 6.42. The first-order valence-electron chi connectivity index (χ1n) is 6.42. The fourth-order valence-electron chi connectivity index (χ4n) is 2.33. The molecule has 0 fully saturated rings. The zero-order chi connectivity index (χ0) is 14.1. The van der Waals surface area contributed by atoms with Gasteiger partial charge in [-0.1, -0.05) is 29.8 Å². The number of nitro groups is 1. The molecule has 4 heteroatoms. The van der Waals surface area contributed by atoms with Gasteiger partial charge in [-0.2, -0.15) is 0 Å².